The average Bonchev–Trinajstić information content (AvgIpc) is 3.01. The van der Waals surface area contributed by atoms with Gasteiger partial charge < -0.3 is 29.7 Å². The first-order valence-electron chi connectivity index (χ1n) is 6.40. The molecule has 1 aliphatic rings. The van der Waals surface area contributed by atoms with Crippen LogP contribution in [0, 0.1) is 4.64 Å². The number of nitrogens with one attached hydrogen (secondary N) is 1. The maximum Gasteiger partial charge on any atom is 0.469 e. The topological polar surface area (TPSA) is 163 Å². The van der Waals surface area contributed by atoms with Crippen LogP contribution in [0.3, 0.4) is 0 Å². The molecular formula is C10H13N4O7PS. The van der Waals surface area contributed by atoms with Gasteiger partial charge in [0.25, 0.3) is 0 Å². The summed E-state index contributed by atoms with van der Waals surface area (Å²) in [6.45, 7) is -0.580. The van der Waals surface area contributed by atoms with Crippen LogP contribution in [0.25, 0.3) is 11.2 Å². The molecule has 11 nitrogen and oxygen atoms in total. The molecule has 0 radical (unpaired) electrons. The Kier molecular flexibility index (Phi) is 4.33. The number of aromatic nitrogens is 4. The second-order valence-corrected chi connectivity index (χ2v) is 6.52. The van der Waals surface area contributed by atoms with E-state index in [1.165, 1.54) is 17.2 Å². The minimum Gasteiger partial charge on any atom is -0.387 e. The van der Waals surface area contributed by atoms with E-state index in [2.05, 4.69) is 19.5 Å². The van der Waals surface area contributed by atoms with Gasteiger partial charge in [0.1, 0.15) is 29.5 Å². The van der Waals surface area contributed by atoms with Crippen LogP contribution in [0.2, 0.25) is 0 Å². The van der Waals surface area contributed by atoms with E-state index >= 15 is 0 Å². The van der Waals surface area contributed by atoms with Crippen LogP contribution in [0.15, 0.2) is 12.7 Å². The lowest BCUT2D eigenvalue weighted by atomic mass is 10.1. The van der Waals surface area contributed by atoms with E-state index in [1.807, 2.05) is 0 Å². The highest BCUT2D eigenvalue weighted by molar-refractivity contribution is 7.71. The van der Waals surface area contributed by atoms with Gasteiger partial charge in [0.15, 0.2) is 10.9 Å². The molecule has 1 fully saturated rings. The van der Waals surface area contributed by atoms with Crippen molar-refractivity contribution in [1.82, 2.24) is 19.5 Å². The van der Waals surface area contributed by atoms with E-state index in [0.29, 0.717) is 11.2 Å². The first-order chi connectivity index (χ1) is 10.8. The standard InChI is InChI=1S/C10H13N4O7PS/c15-6-4(1-20-22(17,18)19)21-10(7(6)16)14-3-13-5-8(14)11-2-12-9(5)23/h2-4,6-7,10,15-16H,1H2,(H,11,12,23)(H2,17,18,19)/t4-,6-,7-,10-/m0/s1/i5+1,8+1,13+1. The molecule has 126 valence electrons. The first-order valence-corrected chi connectivity index (χ1v) is 8.33. The zero-order valence-electron chi connectivity index (χ0n) is 11.4. The number of hydrogen-bond donors (Lipinski definition) is 5. The molecule has 2 aromatic rings. The van der Waals surface area contributed by atoms with E-state index in [4.69, 9.17) is 26.7 Å². The van der Waals surface area contributed by atoms with Crippen LogP contribution >= 0.6 is 20.0 Å². The fourth-order valence-corrected chi connectivity index (χ4v) is 2.88. The van der Waals surface area contributed by atoms with Gasteiger partial charge in [-0.15, -0.1) is 0 Å². The van der Waals surface area contributed by atoms with Crippen LogP contribution in [0.1, 0.15) is 6.23 Å². The highest BCUT2D eigenvalue weighted by Gasteiger charge is 2.45. The highest BCUT2D eigenvalue weighted by atomic mass is 32.1. The number of phosphoric ester groups is 1. The second kappa shape index (κ2) is 6.00. The molecule has 23 heavy (non-hydrogen) atoms. The van der Waals surface area contributed by atoms with Gasteiger partial charge >= 0.3 is 7.82 Å². The molecule has 4 atom stereocenters. The summed E-state index contributed by atoms with van der Waals surface area (Å²) < 4.78 is 22.2. The van der Waals surface area contributed by atoms with Crippen molar-refractivity contribution in [3.05, 3.63) is 17.3 Å². The quantitative estimate of drug-likeness (QED) is 0.342. The van der Waals surface area contributed by atoms with Gasteiger partial charge in [0.2, 0.25) is 0 Å². The Bertz CT molecular complexity index is 819. The lowest BCUT2D eigenvalue weighted by Crippen LogP contribution is -2.33. The summed E-state index contributed by atoms with van der Waals surface area (Å²) in [5.74, 6) is 0. The molecule has 3 rings (SSSR count). The fourth-order valence-electron chi connectivity index (χ4n) is 2.33. The zero-order valence-corrected chi connectivity index (χ0v) is 13.1. The van der Waals surface area contributed by atoms with Crippen molar-refractivity contribution in [2.75, 3.05) is 6.61 Å². The van der Waals surface area contributed by atoms with Crippen molar-refractivity contribution in [2.45, 2.75) is 24.5 Å². The van der Waals surface area contributed by atoms with Crippen molar-refractivity contribution in [2.24, 2.45) is 0 Å². The molecule has 0 unspecified atom stereocenters. The second-order valence-electron chi connectivity index (χ2n) is 4.89. The van der Waals surface area contributed by atoms with Crippen molar-refractivity contribution < 1.29 is 33.8 Å². The van der Waals surface area contributed by atoms with Crippen LogP contribution in [-0.4, -0.2) is 64.4 Å². The van der Waals surface area contributed by atoms with Crippen molar-refractivity contribution in [3.8, 4) is 0 Å². The predicted octanol–water partition coefficient (Wildman–Crippen LogP) is -0.783. The van der Waals surface area contributed by atoms with E-state index in [-0.39, 0.29) is 4.64 Å². The molecular weight excluding hydrogens is 354 g/mol. The molecule has 0 bridgehead atoms. The molecule has 5 N–H and O–H groups in total. The summed E-state index contributed by atoms with van der Waals surface area (Å²) in [5, 5.41) is 20.1. The largest absolute Gasteiger partial charge is 0.469 e. The third kappa shape index (κ3) is 3.20. The van der Waals surface area contributed by atoms with Gasteiger partial charge in [-0.3, -0.25) is 9.09 Å². The smallest absolute Gasteiger partial charge is 0.387 e. The minimum atomic E-state index is -4.71. The Morgan fingerprint density at radius 2 is 2.13 bits per heavy atom. The number of hydrogen-bond acceptors (Lipinski definition) is 8. The van der Waals surface area contributed by atoms with Gasteiger partial charge in [-0.05, 0) is 0 Å². The molecule has 0 amide bonds. The summed E-state index contributed by atoms with van der Waals surface area (Å²) >= 11 is 5.03. The van der Waals surface area contributed by atoms with Gasteiger partial charge in [-0.25, -0.2) is 14.5 Å². The van der Waals surface area contributed by atoms with Gasteiger partial charge in [-0.2, -0.15) is 0 Å². The SMILES string of the molecule is O=P(O)(O)OC[C@@H]1O[C@H](n2c[15n][13c]3c(=S)nc[nH][13c]32)[C@@H](O)[C@H]1O. The molecule has 3 heterocycles. The number of aliphatic hydroxyl groups is 2. The number of aliphatic hydroxyl groups excluding tert-OH is 2. The molecule has 1 saturated heterocycles. The Labute approximate surface area is 133 Å². The summed E-state index contributed by atoms with van der Waals surface area (Å²) in [5.41, 5.74) is 0.820. The van der Waals surface area contributed by atoms with Gasteiger partial charge in [0.05, 0.1) is 19.3 Å². The van der Waals surface area contributed by atoms with Crippen LogP contribution in [0.5, 0.6) is 0 Å². The van der Waals surface area contributed by atoms with Gasteiger partial charge in [0, 0.05) is 0 Å². The third-order valence-corrected chi connectivity index (χ3v) is 4.18. The van der Waals surface area contributed by atoms with Crippen LogP contribution in [0.4, 0.5) is 0 Å². The number of H-pyrrole nitrogens is 1. The van der Waals surface area contributed by atoms with Crippen molar-refractivity contribution >= 4 is 31.2 Å². The fraction of sp³-hybridized carbons (Fsp3) is 0.500. The number of imidazole rings is 1. The number of aromatic amines is 1. The number of rotatable bonds is 4. The van der Waals surface area contributed by atoms with Crippen LogP contribution < -0.4 is 0 Å². The third-order valence-electron chi connectivity index (χ3n) is 3.40. The van der Waals surface area contributed by atoms with Crippen molar-refractivity contribution in [1.29, 1.82) is 0 Å². The molecule has 13 heteroatoms. The van der Waals surface area contributed by atoms with E-state index in [1.54, 1.807) is 0 Å². The number of nitrogens with zero attached hydrogens (tertiary/aromatic N) is 3. The molecule has 0 aliphatic carbocycles. The normalized spacial score (nSPS) is 28.5. The van der Waals surface area contributed by atoms with Gasteiger partial charge in [-0.1, -0.05) is 12.2 Å². The molecule has 0 aromatic carbocycles. The maximum atomic E-state index is 10.7. The number of phosphoric acid groups is 1. The Balaban J connectivity index is 1.87. The monoisotopic (exact) mass is 367 g/mol. The minimum absolute atomic E-state index is 0.256. The van der Waals surface area contributed by atoms with Crippen molar-refractivity contribution in [3.63, 3.8) is 0 Å². The molecule has 1 aliphatic heterocycles. The van der Waals surface area contributed by atoms with E-state index in [0.717, 1.165) is 0 Å². The lowest BCUT2D eigenvalue weighted by molar-refractivity contribution is -0.0504. The Morgan fingerprint density at radius 3 is 2.83 bits per heavy atom. The zero-order chi connectivity index (χ0) is 16.8. The molecule has 0 spiro atoms. The van der Waals surface area contributed by atoms with Crippen LogP contribution in [-0.2, 0) is 13.8 Å². The summed E-state index contributed by atoms with van der Waals surface area (Å²) in [6, 6.07) is 0. The Hall–Kier alpha value is -1.24. The summed E-state index contributed by atoms with van der Waals surface area (Å²) in [4.78, 5) is 28.2. The predicted molar refractivity (Wildman–Crippen MR) is 76.6 cm³/mol. The Morgan fingerprint density at radius 1 is 1.39 bits per heavy atom. The summed E-state index contributed by atoms with van der Waals surface area (Å²) in [6.07, 6.45) is -2.19. The molecule has 2 aromatic heterocycles. The number of fused-ring (bicyclic) bond motifs is 1. The molecule has 0 saturated carbocycles. The number of ether oxygens (including phenoxy) is 1. The average molecular weight is 367 g/mol. The maximum absolute atomic E-state index is 10.7. The summed E-state index contributed by atoms with van der Waals surface area (Å²) in [7, 11) is -4.71. The van der Waals surface area contributed by atoms with E-state index < -0.39 is 39.0 Å². The lowest BCUT2D eigenvalue weighted by Gasteiger charge is -2.16. The highest BCUT2D eigenvalue weighted by Crippen LogP contribution is 2.38. The first kappa shape index (κ1) is 16.6. The van der Waals surface area contributed by atoms with E-state index in [9.17, 15) is 14.8 Å².